The van der Waals surface area contributed by atoms with Gasteiger partial charge in [0.15, 0.2) is 0 Å². The Bertz CT molecular complexity index is 433. The van der Waals surface area contributed by atoms with Crippen molar-refractivity contribution in [3.8, 4) is 0 Å². The van der Waals surface area contributed by atoms with Crippen molar-refractivity contribution in [3.63, 3.8) is 0 Å². The van der Waals surface area contributed by atoms with E-state index in [4.69, 9.17) is 5.11 Å². The number of rotatable bonds is 6. The second kappa shape index (κ2) is 7.91. The van der Waals surface area contributed by atoms with Crippen molar-refractivity contribution in [2.24, 2.45) is 0 Å². The van der Waals surface area contributed by atoms with Crippen molar-refractivity contribution in [3.05, 3.63) is 34.3 Å². The molecule has 1 N–H and O–H groups in total. The number of hydrogen-bond donors (Lipinski definition) is 1. The molecule has 0 heterocycles. The molecule has 0 unspecified atom stereocenters. The number of benzene rings is 1. The fourth-order valence-electron chi connectivity index (χ4n) is 1.54. The molecule has 0 fully saturated rings. The van der Waals surface area contributed by atoms with Gasteiger partial charge in [-0.3, -0.25) is 9.59 Å². The molecule has 6 heteroatoms. The first-order valence-corrected chi connectivity index (χ1v) is 6.60. The number of ether oxygens (including phenoxy) is 1. The van der Waals surface area contributed by atoms with E-state index >= 15 is 0 Å². The average molecular weight is 330 g/mol. The Hall–Kier alpha value is -1.40. The molecule has 0 bridgehead atoms. The van der Waals surface area contributed by atoms with Crippen LogP contribution in [-0.4, -0.2) is 48.7 Å². The predicted octanol–water partition coefficient (Wildman–Crippen LogP) is 1.45. The minimum atomic E-state index is -0.383. The van der Waals surface area contributed by atoms with Crippen LogP contribution in [0.3, 0.4) is 0 Å². The van der Waals surface area contributed by atoms with Crippen LogP contribution in [-0.2, 0) is 9.53 Å². The summed E-state index contributed by atoms with van der Waals surface area (Å²) in [6.45, 7) is 0.261. The minimum Gasteiger partial charge on any atom is -0.469 e. The molecule has 0 saturated heterocycles. The molecule has 0 aliphatic rings. The van der Waals surface area contributed by atoms with Gasteiger partial charge in [0.25, 0.3) is 5.91 Å². The quantitative estimate of drug-likeness (QED) is 0.802. The number of carbonyl (C=O) groups is 2. The highest BCUT2D eigenvalue weighted by Gasteiger charge is 2.16. The molecule has 19 heavy (non-hydrogen) atoms. The van der Waals surface area contributed by atoms with E-state index in [1.165, 1.54) is 12.0 Å². The maximum absolute atomic E-state index is 12.2. The highest BCUT2D eigenvalue weighted by Crippen LogP contribution is 2.12. The van der Waals surface area contributed by atoms with Crippen molar-refractivity contribution in [1.82, 2.24) is 4.90 Å². The number of amides is 1. The molecule has 0 aliphatic carbocycles. The van der Waals surface area contributed by atoms with Crippen LogP contribution in [0.25, 0.3) is 0 Å². The van der Waals surface area contributed by atoms with Gasteiger partial charge in [-0.1, -0.05) is 15.9 Å². The van der Waals surface area contributed by atoms with E-state index < -0.39 is 0 Å². The molecule has 1 rings (SSSR count). The fraction of sp³-hybridized carbons (Fsp3) is 0.385. The molecule has 5 nitrogen and oxygen atoms in total. The molecular weight excluding hydrogens is 314 g/mol. The summed E-state index contributed by atoms with van der Waals surface area (Å²) in [5.41, 5.74) is 0.515. The van der Waals surface area contributed by atoms with Crippen LogP contribution in [0.15, 0.2) is 28.7 Å². The number of halogens is 1. The van der Waals surface area contributed by atoms with Gasteiger partial charge in [-0.05, 0) is 24.3 Å². The number of aliphatic hydroxyl groups is 1. The van der Waals surface area contributed by atoms with Crippen LogP contribution in [0.5, 0.6) is 0 Å². The third-order valence-corrected chi connectivity index (χ3v) is 3.09. The average Bonchev–Trinajstić information content (AvgIpc) is 2.43. The minimum absolute atomic E-state index is 0.110. The van der Waals surface area contributed by atoms with Crippen molar-refractivity contribution in [2.45, 2.75) is 6.42 Å². The third kappa shape index (κ3) is 5.00. The number of aliphatic hydroxyl groups excluding tert-OH is 1. The van der Waals surface area contributed by atoms with Gasteiger partial charge in [0.1, 0.15) is 0 Å². The molecule has 0 aliphatic heterocycles. The van der Waals surface area contributed by atoms with Gasteiger partial charge < -0.3 is 14.7 Å². The van der Waals surface area contributed by atoms with Gasteiger partial charge in [0, 0.05) is 23.1 Å². The second-order valence-electron chi connectivity index (χ2n) is 3.85. The lowest BCUT2D eigenvalue weighted by Gasteiger charge is -2.21. The molecule has 1 aromatic rings. The first-order chi connectivity index (χ1) is 9.08. The summed E-state index contributed by atoms with van der Waals surface area (Å²) in [4.78, 5) is 24.7. The highest BCUT2D eigenvalue weighted by atomic mass is 79.9. The van der Waals surface area contributed by atoms with Crippen LogP contribution in [0.4, 0.5) is 0 Å². The summed E-state index contributed by atoms with van der Waals surface area (Å²) in [6, 6.07) is 6.92. The van der Waals surface area contributed by atoms with Crippen LogP contribution >= 0.6 is 15.9 Å². The molecule has 0 saturated carbocycles. The Balaban J connectivity index is 2.71. The lowest BCUT2D eigenvalue weighted by Crippen LogP contribution is -2.35. The number of carbonyl (C=O) groups excluding carboxylic acids is 2. The first kappa shape index (κ1) is 15.7. The topological polar surface area (TPSA) is 66.8 Å². The van der Waals surface area contributed by atoms with Gasteiger partial charge >= 0.3 is 5.97 Å². The Labute approximate surface area is 120 Å². The van der Waals surface area contributed by atoms with E-state index in [1.807, 2.05) is 0 Å². The van der Waals surface area contributed by atoms with E-state index in [0.717, 1.165) is 4.47 Å². The Morgan fingerprint density at radius 3 is 2.42 bits per heavy atom. The lowest BCUT2D eigenvalue weighted by molar-refractivity contribution is -0.140. The summed E-state index contributed by atoms with van der Waals surface area (Å²) in [7, 11) is 1.30. The number of methoxy groups -OCH3 is 1. The van der Waals surface area contributed by atoms with Crippen LogP contribution in [0, 0.1) is 0 Å². The highest BCUT2D eigenvalue weighted by molar-refractivity contribution is 9.10. The number of hydrogen-bond acceptors (Lipinski definition) is 4. The predicted molar refractivity (Wildman–Crippen MR) is 73.8 cm³/mol. The molecule has 1 amide bonds. The molecule has 0 aromatic heterocycles. The first-order valence-electron chi connectivity index (χ1n) is 5.81. The van der Waals surface area contributed by atoms with Crippen molar-refractivity contribution in [1.29, 1.82) is 0 Å². The lowest BCUT2D eigenvalue weighted by atomic mass is 10.2. The van der Waals surface area contributed by atoms with Gasteiger partial charge in [-0.15, -0.1) is 0 Å². The molecular formula is C13H16BrNO4. The Morgan fingerprint density at radius 2 is 1.89 bits per heavy atom. The van der Waals surface area contributed by atoms with Crippen molar-refractivity contribution < 1.29 is 19.4 Å². The van der Waals surface area contributed by atoms with E-state index in [2.05, 4.69) is 20.7 Å². The van der Waals surface area contributed by atoms with E-state index in [9.17, 15) is 9.59 Å². The standard InChI is InChI=1S/C13H16BrNO4/c1-19-12(17)6-7-15(8-9-16)13(18)10-2-4-11(14)5-3-10/h2-5,16H,6-9H2,1H3. The zero-order chi connectivity index (χ0) is 14.3. The monoisotopic (exact) mass is 329 g/mol. The summed E-state index contributed by atoms with van der Waals surface area (Å²) < 4.78 is 5.42. The van der Waals surface area contributed by atoms with E-state index in [1.54, 1.807) is 24.3 Å². The van der Waals surface area contributed by atoms with Crippen LogP contribution in [0.1, 0.15) is 16.8 Å². The molecule has 104 valence electrons. The summed E-state index contributed by atoms with van der Waals surface area (Å²) in [5, 5.41) is 8.98. The van der Waals surface area contributed by atoms with Crippen molar-refractivity contribution in [2.75, 3.05) is 26.8 Å². The van der Waals surface area contributed by atoms with Crippen molar-refractivity contribution >= 4 is 27.8 Å². The Morgan fingerprint density at radius 1 is 1.26 bits per heavy atom. The van der Waals surface area contributed by atoms with Gasteiger partial charge in [-0.25, -0.2) is 0 Å². The van der Waals surface area contributed by atoms with E-state index in [0.29, 0.717) is 5.56 Å². The normalized spacial score (nSPS) is 10.1. The smallest absolute Gasteiger partial charge is 0.307 e. The summed E-state index contributed by atoms with van der Waals surface area (Å²) in [6.07, 6.45) is 0.110. The van der Waals surface area contributed by atoms with Gasteiger partial charge in [-0.2, -0.15) is 0 Å². The third-order valence-electron chi connectivity index (χ3n) is 2.56. The summed E-state index contributed by atoms with van der Waals surface area (Å²) >= 11 is 3.30. The van der Waals surface area contributed by atoms with Crippen LogP contribution < -0.4 is 0 Å². The van der Waals surface area contributed by atoms with Crippen LogP contribution in [0.2, 0.25) is 0 Å². The molecule has 0 atom stereocenters. The number of esters is 1. The Kier molecular flexibility index (Phi) is 6.52. The molecule has 1 aromatic carbocycles. The maximum atomic E-state index is 12.2. The molecule has 0 spiro atoms. The van der Waals surface area contributed by atoms with Gasteiger partial charge in [0.05, 0.1) is 20.1 Å². The largest absolute Gasteiger partial charge is 0.469 e. The molecule has 0 radical (unpaired) electrons. The van der Waals surface area contributed by atoms with E-state index in [-0.39, 0.29) is 38.0 Å². The van der Waals surface area contributed by atoms with Gasteiger partial charge in [0.2, 0.25) is 0 Å². The fourth-order valence-corrected chi connectivity index (χ4v) is 1.80. The zero-order valence-electron chi connectivity index (χ0n) is 10.6. The summed E-state index contributed by atoms with van der Waals surface area (Å²) in [5.74, 6) is -0.600. The second-order valence-corrected chi connectivity index (χ2v) is 4.76. The SMILES string of the molecule is COC(=O)CCN(CCO)C(=O)c1ccc(Br)cc1. The maximum Gasteiger partial charge on any atom is 0.307 e. The zero-order valence-corrected chi connectivity index (χ0v) is 12.2. The number of nitrogens with zero attached hydrogens (tertiary/aromatic N) is 1.